The molecule has 0 bridgehead atoms. The number of para-hydroxylation sites is 1. The highest BCUT2D eigenvalue weighted by atomic mass is 35.5. The van der Waals surface area contributed by atoms with Gasteiger partial charge in [-0.2, -0.15) is 4.31 Å². The molecule has 0 N–H and O–H groups in total. The van der Waals surface area contributed by atoms with E-state index in [0.717, 1.165) is 5.56 Å². The molecule has 0 aliphatic carbocycles. The lowest BCUT2D eigenvalue weighted by atomic mass is 10.2. The first-order valence-electron chi connectivity index (χ1n) is 8.09. The second kappa shape index (κ2) is 8.31. The van der Waals surface area contributed by atoms with Gasteiger partial charge in [0.25, 0.3) is 0 Å². The third-order valence-electron chi connectivity index (χ3n) is 3.86. The minimum atomic E-state index is -3.79. The molecule has 0 radical (unpaired) electrons. The van der Waals surface area contributed by atoms with Crippen LogP contribution in [0.4, 0.5) is 0 Å². The number of hydrogen-bond acceptors (Lipinski definition) is 3. The van der Waals surface area contributed by atoms with Crippen molar-refractivity contribution in [3.05, 3.63) is 88.4 Å². The summed E-state index contributed by atoms with van der Waals surface area (Å²) < 4.78 is 32.7. The SMILES string of the molecule is CN(Cc1cccc(Oc2ccccc2)c1)S(=O)(=O)c1cc(Cl)ccc1Cl. The molecule has 0 saturated heterocycles. The molecule has 0 aliphatic heterocycles. The van der Waals surface area contributed by atoms with Crippen LogP contribution in [0.15, 0.2) is 77.7 Å². The molecular formula is C20H17Cl2NO3S. The van der Waals surface area contributed by atoms with Crippen LogP contribution in [0, 0.1) is 0 Å². The van der Waals surface area contributed by atoms with E-state index >= 15 is 0 Å². The predicted octanol–water partition coefficient (Wildman–Crippen LogP) is 5.61. The lowest BCUT2D eigenvalue weighted by Gasteiger charge is -2.18. The Hall–Kier alpha value is -2.05. The van der Waals surface area contributed by atoms with Crippen LogP contribution < -0.4 is 4.74 Å². The van der Waals surface area contributed by atoms with E-state index in [-0.39, 0.29) is 16.5 Å². The molecule has 140 valence electrons. The fourth-order valence-corrected chi connectivity index (χ4v) is 4.41. The summed E-state index contributed by atoms with van der Waals surface area (Å²) in [6, 6.07) is 21.0. The quantitative estimate of drug-likeness (QED) is 0.519. The van der Waals surface area contributed by atoms with Gasteiger partial charge in [0.2, 0.25) is 10.0 Å². The normalized spacial score (nSPS) is 11.6. The van der Waals surface area contributed by atoms with Crippen molar-refractivity contribution >= 4 is 33.2 Å². The zero-order valence-corrected chi connectivity index (χ0v) is 16.8. The summed E-state index contributed by atoms with van der Waals surface area (Å²) in [7, 11) is -2.29. The summed E-state index contributed by atoms with van der Waals surface area (Å²) in [6.45, 7) is 0.164. The Balaban J connectivity index is 1.80. The van der Waals surface area contributed by atoms with Gasteiger partial charge in [-0.3, -0.25) is 0 Å². The van der Waals surface area contributed by atoms with Gasteiger partial charge in [0.1, 0.15) is 16.4 Å². The Morgan fingerprint density at radius 1 is 0.889 bits per heavy atom. The Bertz CT molecular complexity index is 1040. The van der Waals surface area contributed by atoms with Gasteiger partial charge in [0, 0.05) is 18.6 Å². The first-order valence-corrected chi connectivity index (χ1v) is 10.3. The van der Waals surface area contributed by atoms with Crippen molar-refractivity contribution in [1.29, 1.82) is 0 Å². The average Bonchev–Trinajstić information content (AvgIpc) is 2.64. The number of sulfonamides is 1. The van der Waals surface area contributed by atoms with Gasteiger partial charge in [0.05, 0.1) is 5.02 Å². The molecule has 7 heteroatoms. The largest absolute Gasteiger partial charge is 0.457 e. The van der Waals surface area contributed by atoms with Crippen molar-refractivity contribution in [3.8, 4) is 11.5 Å². The standard InChI is InChI=1S/C20H17Cl2NO3S/c1-23(27(24,25)20-13-16(21)10-11-19(20)22)14-15-6-5-9-18(12-15)26-17-7-3-2-4-8-17/h2-13H,14H2,1H3. The Labute approximate surface area is 169 Å². The van der Waals surface area contributed by atoms with Gasteiger partial charge in [-0.15, -0.1) is 0 Å². The van der Waals surface area contributed by atoms with Crippen LogP contribution in [0.5, 0.6) is 11.5 Å². The highest BCUT2D eigenvalue weighted by Gasteiger charge is 2.24. The minimum absolute atomic E-state index is 0.0177. The van der Waals surface area contributed by atoms with E-state index in [4.69, 9.17) is 27.9 Å². The molecule has 0 spiro atoms. The van der Waals surface area contributed by atoms with Gasteiger partial charge in [0.15, 0.2) is 0 Å². The molecule has 0 aliphatic rings. The van der Waals surface area contributed by atoms with Crippen LogP contribution in [-0.4, -0.2) is 19.8 Å². The van der Waals surface area contributed by atoms with Crippen LogP contribution in [0.2, 0.25) is 10.0 Å². The van der Waals surface area contributed by atoms with Crippen LogP contribution in [-0.2, 0) is 16.6 Å². The number of halogens is 2. The number of benzene rings is 3. The number of ether oxygens (including phenoxy) is 1. The van der Waals surface area contributed by atoms with Crippen molar-refractivity contribution in [2.45, 2.75) is 11.4 Å². The van der Waals surface area contributed by atoms with Gasteiger partial charge in [-0.25, -0.2) is 8.42 Å². The molecule has 0 amide bonds. The zero-order valence-electron chi connectivity index (χ0n) is 14.5. The Kier molecular flexibility index (Phi) is 6.07. The summed E-state index contributed by atoms with van der Waals surface area (Å²) in [5, 5.41) is 0.442. The molecule has 0 saturated carbocycles. The lowest BCUT2D eigenvalue weighted by molar-refractivity contribution is 0.461. The predicted molar refractivity (Wildman–Crippen MR) is 108 cm³/mol. The van der Waals surface area contributed by atoms with Gasteiger partial charge in [-0.05, 0) is 48.0 Å². The van der Waals surface area contributed by atoms with E-state index in [1.165, 1.54) is 23.5 Å². The monoisotopic (exact) mass is 421 g/mol. The summed E-state index contributed by atoms with van der Waals surface area (Å²) in [5.74, 6) is 1.34. The molecule has 3 rings (SSSR count). The summed E-state index contributed by atoms with van der Waals surface area (Å²) in [4.78, 5) is -0.0177. The zero-order chi connectivity index (χ0) is 19.4. The van der Waals surface area contributed by atoms with E-state index in [2.05, 4.69) is 0 Å². The number of rotatable bonds is 6. The maximum absolute atomic E-state index is 12.8. The van der Waals surface area contributed by atoms with Crippen molar-refractivity contribution in [2.24, 2.45) is 0 Å². The molecule has 0 atom stereocenters. The molecular weight excluding hydrogens is 405 g/mol. The highest BCUT2D eigenvalue weighted by molar-refractivity contribution is 7.89. The van der Waals surface area contributed by atoms with E-state index in [1.807, 2.05) is 48.5 Å². The van der Waals surface area contributed by atoms with E-state index in [9.17, 15) is 8.42 Å². The fraction of sp³-hybridized carbons (Fsp3) is 0.100. The third kappa shape index (κ3) is 4.82. The first-order chi connectivity index (χ1) is 12.9. The first kappa shape index (κ1) is 19.7. The van der Waals surface area contributed by atoms with Gasteiger partial charge < -0.3 is 4.74 Å². The summed E-state index contributed by atoms with van der Waals surface area (Å²) in [5.41, 5.74) is 0.785. The number of hydrogen-bond donors (Lipinski definition) is 0. The summed E-state index contributed by atoms with van der Waals surface area (Å²) in [6.07, 6.45) is 0. The molecule has 27 heavy (non-hydrogen) atoms. The van der Waals surface area contributed by atoms with Crippen LogP contribution in [0.25, 0.3) is 0 Å². The Morgan fingerprint density at radius 2 is 1.59 bits per heavy atom. The van der Waals surface area contributed by atoms with Crippen LogP contribution in [0.1, 0.15) is 5.56 Å². The maximum Gasteiger partial charge on any atom is 0.244 e. The molecule has 0 unspecified atom stereocenters. The van der Waals surface area contributed by atoms with Crippen molar-refractivity contribution in [1.82, 2.24) is 4.31 Å². The van der Waals surface area contributed by atoms with E-state index in [1.54, 1.807) is 12.1 Å². The van der Waals surface area contributed by atoms with Gasteiger partial charge >= 0.3 is 0 Å². The average molecular weight is 422 g/mol. The number of nitrogens with zero attached hydrogens (tertiary/aromatic N) is 1. The Morgan fingerprint density at radius 3 is 2.33 bits per heavy atom. The van der Waals surface area contributed by atoms with Gasteiger partial charge in [-0.1, -0.05) is 53.5 Å². The molecule has 0 heterocycles. The third-order valence-corrected chi connectivity index (χ3v) is 6.38. The minimum Gasteiger partial charge on any atom is -0.457 e. The van der Waals surface area contributed by atoms with Crippen LogP contribution >= 0.6 is 23.2 Å². The van der Waals surface area contributed by atoms with Crippen LogP contribution in [0.3, 0.4) is 0 Å². The second-order valence-corrected chi connectivity index (χ2v) is 8.76. The molecule has 0 aromatic heterocycles. The fourth-order valence-electron chi connectivity index (χ4n) is 2.52. The molecule has 3 aromatic carbocycles. The van der Waals surface area contributed by atoms with Crippen molar-refractivity contribution < 1.29 is 13.2 Å². The molecule has 0 fully saturated rings. The van der Waals surface area contributed by atoms with Crippen molar-refractivity contribution in [2.75, 3.05) is 7.05 Å². The molecule has 3 aromatic rings. The summed E-state index contributed by atoms with van der Waals surface area (Å²) >= 11 is 12.0. The van der Waals surface area contributed by atoms with Crippen molar-refractivity contribution in [3.63, 3.8) is 0 Å². The topological polar surface area (TPSA) is 46.6 Å². The molecule has 4 nitrogen and oxygen atoms in total. The second-order valence-electron chi connectivity index (χ2n) is 5.90. The van der Waals surface area contributed by atoms with E-state index in [0.29, 0.717) is 16.5 Å². The lowest BCUT2D eigenvalue weighted by Crippen LogP contribution is -2.26. The smallest absolute Gasteiger partial charge is 0.244 e. The highest BCUT2D eigenvalue weighted by Crippen LogP contribution is 2.28. The van der Waals surface area contributed by atoms with E-state index < -0.39 is 10.0 Å². The maximum atomic E-state index is 12.8.